The summed E-state index contributed by atoms with van der Waals surface area (Å²) in [6.07, 6.45) is 9.10. The number of unbranched alkanes of at least 4 members (excludes halogenated alkanes) is 6. The number of hydrogen-bond donors (Lipinski definition) is 1. The molecule has 0 saturated heterocycles. The van der Waals surface area contributed by atoms with E-state index in [0.717, 1.165) is 19.3 Å². The standard InChI is InChI=1S/C18H27NO4S/c1-2-3-4-5-6-7-8-12-16(18(20)23-24)14-15-11-9-10-13-17(15)19(21)22/h9-11,13,16,24H,2-8,12,14H2,1H3. The van der Waals surface area contributed by atoms with E-state index in [1.54, 1.807) is 18.2 Å². The minimum absolute atomic E-state index is 0.0500. The quantitative estimate of drug-likeness (QED) is 0.182. The van der Waals surface area contributed by atoms with Crippen LogP contribution in [-0.2, 0) is 15.4 Å². The molecule has 0 aromatic heterocycles. The Hall–Kier alpha value is -1.56. The van der Waals surface area contributed by atoms with E-state index < -0.39 is 10.9 Å². The summed E-state index contributed by atoms with van der Waals surface area (Å²) in [4.78, 5) is 22.6. The molecular weight excluding hydrogens is 326 g/mol. The van der Waals surface area contributed by atoms with Gasteiger partial charge >= 0.3 is 5.97 Å². The number of carbonyl (C=O) groups is 1. The Labute approximate surface area is 149 Å². The molecule has 0 amide bonds. The van der Waals surface area contributed by atoms with Crippen molar-refractivity contribution in [3.05, 3.63) is 39.9 Å². The van der Waals surface area contributed by atoms with Crippen molar-refractivity contribution >= 4 is 24.6 Å². The summed E-state index contributed by atoms with van der Waals surface area (Å²) in [5.74, 6) is -0.804. The van der Waals surface area contributed by atoms with Crippen LogP contribution in [0.1, 0.15) is 63.9 Å². The average Bonchev–Trinajstić information content (AvgIpc) is 2.59. The highest BCUT2D eigenvalue weighted by atomic mass is 32.1. The van der Waals surface area contributed by atoms with E-state index in [-0.39, 0.29) is 11.6 Å². The zero-order chi connectivity index (χ0) is 17.8. The van der Waals surface area contributed by atoms with Gasteiger partial charge in [0.25, 0.3) is 5.69 Å². The summed E-state index contributed by atoms with van der Waals surface area (Å²) in [5, 5.41) is 11.1. The number of carbonyl (C=O) groups excluding carboxylic acids is 1. The molecule has 0 N–H and O–H groups in total. The number of thiol groups is 1. The van der Waals surface area contributed by atoms with Gasteiger partial charge in [0, 0.05) is 24.5 Å². The molecule has 0 aliphatic rings. The SMILES string of the molecule is CCCCCCCCCC(Cc1ccccc1[N+](=O)[O-])C(=O)OS. The number of benzene rings is 1. The second kappa shape index (κ2) is 11.9. The minimum Gasteiger partial charge on any atom is -0.394 e. The highest BCUT2D eigenvalue weighted by Crippen LogP contribution is 2.25. The molecule has 0 fully saturated rings. The van der Waals surface area contributed by atoms with Crippen molar-refractivity contribution in [2.24, 2.45) is 5.92 Å². The third kappa shape index (κ3) is 7.34. The first-order valence-corrected chi connectivity index (χ1v) is 9.04. The van der Waals surface area contributed by atoms with E-state index in [9.17, 15) is 14.9 Å². The van der Waals surface area contributed by atoms with Crippen molar-refractivity contribution in [3.8, 4) is 0 Å². The van der Waals surface area contributed by atoms with Gasteiger partial charge in [-0.25, -0.2) is 0 Å². The maximum atomic E-state index is 11.9. The maximum absolute atomic E-state index is 11.9. The minimum atomic E-state index is -0.414. The van der Waals surface area contributed by atoms with E-state index in [1.807, 2.05) is 0 Å². The molecule has 1 atom stereocenters. The van der Waals surface area contributed by atoms with Crippen LogP contribution in [0.4, 0.5) is 5.69 Å². The summed E-state index contributed by atoms with van der Waals surface area (Å²) in [5.41, 5.74) is 0.614. The Morgan fingerprint density at radius 2 is 1.79 bits per heavy atom. The molecule has 1 unspecified atom stereocenters. The Balaban J connectivity index is 2.54. The molecule has 0 aliphatic heterocycles. The molecule has 0 bridgehead atoms. The molecule has 5 nitrogen and oxygen atoms in total. The van der Waals surface area contributed by atoms with Gasteiger partial charge in [-0.2, -0.15) is 0 Å². The smallest absolute Gasteiger partial charge is 0.321 e. The van der Waals surface area contributed by atoms with E-state index in [4.69, 9.17) is 0 Å². The van der Waals surface area contributed by atoms with Crippen molar-refractivity contribution in [2.75, 3.05) is 0 Å². The van der Waals surface area contributed by atoms with Gasteiger partial charge in [0.2, 0.25) is 0 Å². The number of para-hydroxylation sites is 1. The molecule has 0 radical (unpaired) electrons. The number of nitro benzene ring substituents is 1. The summed E-state index contributed by atoms with van der Waals surface area (Å²) in [7, 11) is 0. The molecule has 0 aliphatic carbocycles. The second-order valence-electron chi connectivity index (χ2n) is 6.11. The molecule has 1 aromatic carbocycles. The van der Waals surface area contributed by atoms with Crippen LogP contribution >= 0.6 is 12.9 Å². The third-order valence-electron chi connectivity index (χ3n) is 4.23. The van der Waals surface area contributed by atoms with Crippen LogP contribution in [0.15, 0.2) is 24.3 Å². The average molecular weight is 353 g/mol. The predicted octanol–water partition coefficient (Wildman–Crippen LogP) is 5.28. The lowest BCUT2D eigenvalue weighted by atomic mass is 9.92. The molecule has 0 heterocycles. The summed E-state index contributed by atoms with van der Waals surface area (Å²) >= 11 is 3.61. The molecule has 1 aromatic rings. The van der Waals surface area contributed by atoms with Crippen molar-refractivity contribution in [3.63, 3.8) is 0 Å². The molecule has 1 rings (SSSR count). The first kappa shape index (κ1) is 20.5. The molecule has 0 spiro atoms. The van der Waals surface area contributed by atoms with Gasteiger partial charge in [-0.1, -0.05) is 70.1 Å². The number of nitrogens with zero attached hydrogens (tertiary/aromatic N) is 1. The van der Waals surface area contributed by atoms with Crippen LogP contribution in [0.25, 0.3) is 0 Å². The summed E-state index contributed by atoms with van der Waals surface area (Å²) < 4.78 is 4.58. The molecule has 24 heavy (non-hydrogen) atoms. The highest BCUT2D eigenvalue weighted by molar-refractivity contribution is 7.75. The first-order valence-electron chi connectivity index (χ1n) is 8.67. The van der Waals surface area contributed by atoms with Crippen LogP contribution in [0.2, 0.25) is 0 Å². The predicted molar refractivity (Wildman–Crippen MR) is 98.0 cm³/mol. The lowest BCUT2D eigenvalue weighted by molar-refractivity contribution is -0.385. The normalized spacial score (nSPS) is 11.9. The zero-order valence-electron chi connectivity index (χ0n) is 14.3. The Morgan fingerprint density at radius 3 is 2.42 bits per heavy atom. The van der Waals surface area contributed by atoms with Crippen LogP contribution in [0, 0.1) is 16.0 Å². The van der Waals surface area contributed by atoms with Crippen molar-refractivity contribution in [1.29, 1.82) is 0 Å². The zero-order valence-corrected chi connectivity index (χ0v) is 15.2. The van der Waals surface area contributed by atoms with Gasteiger partial charge < -0.3 is 4.18 Å². The molecular formula is C18H27NO4S. The van der Waals surface area contributed by atoms with Gasteiger partial charge in [0.1, 0.15) is 0 Å². The van der Waals surface area contributed by atoms with Gasteiger partial charge in [-0.15, -0.1) is 0 Å². The van der Waals surface area contributed by atoms with Crippen LogP contribution < -0.4 is 0 Å². The Bertz CT molecular complexity index is 521. The number of nitro groups is 1. The number of rotatable bonds is 12. The molecule has 0 saturated carbocycles. The fraction of sp³-hybridized carbons (Fsp3) is 0.611. The number of hydrogen-bond acceptors (Lipinski definition) is 5. The van der Waals surface area contributed by atoms with Gasteiger partial charge in [0.15, 0.2) is 0 Å². The summed E-state index contributed by atoms with van der Waals surface area (Å²) in [6.45, 7) is 2.19. The van der Waals surface area contributed by atoms with Gasteiger partial charge in [0.05, 0.1) is 10.8 Å². The highest BCUT2D eigenvalue weighted by Gasteiger charge is 2.23. The van der Waals surface area contributed by atoms with E-state index in [0.29, 0.717) is 18.4 Å². The van der Waals surface area contributed by atoms with Crippen LogP contribution in [0.3, 0.4) is 0 Å². The van der Waals surface area contributed by atoms with Gasteiger partial charge in [-0.3, -0.25) is 14.9 Å². The molecule has 134 valence electrons. The van der Waals surface area contributed by atoms with Crippen LogP contribution in [-0.4, -0.2) is 10.9 Å². The fourth-order valence-corrected chi connectivity index (χ4v) is 3.00. The Morgan fingerprint density at radius 1 is 1.17 bits per heavy atom. The lowest BCUT2D eigenvalue weighted by Gasteiger charge is -2.14. The van der Waals surface area contributed by atoms with E-state index in [1.165, 1.54) is 31.7 Å². The largest absolute Gasteiger partial charge is 0.394 e. The van der Waals surface area contributed by atoms with Crippen molar-refractivity contribution < 1.29 is 13.9 Å². The topological polar surface area (TPSA) is 69.4 Å². The van der Waals surface area contributed by atoms with E-state index >= 15 is 0 Å². The third-order valence-corrected chi connectivity index (χ3v) is 4.41. The van der Waals surface area contributed by atoms with Crippen LogP contribution in [0.5, 0.6) is 0 Å². The van der Waals surface area contributed by atoms with Crippen molar-refractivity contribution in [1.82, 2.24) is 0 Å². The lowest BCUT2D eigenvalue weighted by Crippen LogP contribution is -2.18. The maximum Gasteiger partial charge on any atom is 0.321 e. The fourth-order valence-electron chi connectivity index (χ4n) is 2.85. The van der Waals surface area contributed by atoms with Crippen molar-refractivity contribution in [2.45, 2.75) is 64.7 Å². The second-order valence-corrected chi connectivity index (χ2v) is 6.29. The Kier molecular flexibility index (Phi) is 10.2. The van der Waals surface area contributed by atoms with Gasteiger partial charge in [-0.05, 0) is 12.8 Å². The first-order chi connectivity index (χ1) is 11.6. The summed E-state index contributed by atoms with van der Waals surface area (Å²) in [6, 6.07) is 6.54. The monoisotopic (exact) mass is 353 g/mol. The molecule has 6 heteroatoms. The van der Waals surface area contributed by atoms with E-state index in [2.05, 4.69) is 24.0 Å².